The molecule has 9 nitrogen and oxygen atoms in total. The highest BCUT2D eigenvalue weighted by Gasteiger charge is 2.19. The van der Waals surface area contributed by atoms with Crippen LogP contribution in [0.2, 0.25) is 0 Å². The second-order valence-corrected chi connectivity index (χ2v) is 8.53. The van der Waals surface area contributed by atoms with Crippen LogP contribution in [0.15, 0.2) is 42.7 Å². The summed E-state index contributed by atoms with van der Waals surface area (Å²) < 4.78 is 6.11. The standard InChI is InChI=1S/C21H21N7O2S/c1-12-10-24-21(31-12)26-20(29)13-2-4-15(5-3-13)30-16-7-9-23-18-17(16)19(28-27-18)25-14-6-8-22-11-14/h2-5,7,9-10,14,22H,6,8,11H2,1H3,(H,24,26,29)(H2,23,25,27,28)/t14-/m1/s1. The zero-order valence-electron chi connectivity index (χ0n) is 16.8. The minimum Gasteiger partial charge on any atom is -0.456 e. The third kappa shape index (κ3) is 4.21. The van der Waals surface area contributed by atoms with Gasteiger partial charge in [0.05, 0.1) is 0 Å². The summed E-state index contributed by atoms with van der Waals surface area (Å²) in [6.45, 7) is 3.83. The monoisotopic (exact) mass is 435 g/mol. The van der Waals surface area contributed by atoms with Crippen molar-refractivity contribution in [3.63, 3.8) is 0 Å². The molecule has 1 amide bonds. The lowest BCUT2D eigenvalue weighted by molar-refractivity contribution is 0.102. The van der Waals surface area contributed by atoms with Gasteiger partial charge in [0.2, 0.25) is 0 Å². The van der Waals surface area contributed by atoms with Crippen LogP contribution in [0.25, 0.3) is 11.0 Å². The summed E-state index contributed by atoms with van der Waals surface area (Å²) in [5, 5.41) is 18.3. The van der Waals surface area contributed by atoms with Gasteiger partial charge in [0.25, 0.3) is 5.91 Å². The molecule has 3 aromatic heterocycles. The lowest BCUT2D eigenvalue weighted by Gasteiger charge is -2.12. The van der Waals surface area contributed by atoms with Gasteiger partial charge in [0, 0.05) is 41.5 Å². The second kappa shape index (κ2) is 8.32. The molecule has 1 fully saturated rings. The molecule has 4 aromatic rings. The number of aromatic nitrogens is 4. The molecule has 0 bridgehead atoms. The van der Waals surface area contributed by atoms with Crippen LogP contribution in [0.5, 0.6) is 11.5 Å². The van der Waals surface area contributed by atoms with Crippen LogP contribution in [-0.4, -0.2) is 45.2 Å². The van der Waals surface area contributed by atoms with E-state index in [9.17, 15) is 4.79 Å². The Morgan fingerprint density at radius 3 is 2.84 bits per heavy atom. The van der Waals surface area contributed by atoms with E-state index in [2.05, 4.69) is 36.1 Å². The first-order chi connectivity index (χ1) is 15.2. The molecule has 1 atom stereocenters. The van der Waals surface area contributed by atoms with Crippen molar-refractivity contribution < 1.29 is 9.53 Å². The number of amides is 1. The van der Waals surface area contributed by atoms with Gasteiger partial charge in [-0.3, -0.25) is 15.2 Å². The number of H-pyrrole nitrogens is 1. The number of anilines is 2. The van der Waals surface area contributed by atoms with Gasteiger partial charge >= 0.3 is 0 Å². The van der Waals surface area contributed by atoms with E-state index in [4.69, 9.17) is 4.74 Å². The Labute approximate surface area is 182 Å². The van der Waals surface area contributed by atoms with Gasteiger partial charge in [-0.05, 0) is 44.2 Å². The van der Waals surface area contributed by atoms with Gasteiger partial charge in [-0.2, -0.15) is 5.10 Å². The average Bonchev–Trinajstić information content (AvgIpc) is 3.52. The molecular formula is C21H21N7O2S. The summed E-state index contributed by atoms with van der Waals surface area (Å²) in [7, 11) is 0. The predicted molar refractivity (Wildman–Crippen MR) is 120 cm³/mol. The number of carbonyl (C=O) groups excluding carboxylic acids is 1. The molecule has 31 heavy (non-hydrogen) atoms. The fourth-order valence-corrected chi connectivity index (χ4v) is 4.13. The molecule has 0 saturated carbocycles. The second-order valence-electron chi connectivity index (χ2n) is 7.30. The van der Waals surface area contributed by atoms with Gasteiger partial charge in [-0.25, -0.2) is 9.97 Å². The molecule has 4 N–H and O–H groups in total. The summed E-state index contributed by atoms with van der Waals surface area (Å²) in [6, 6.07) is 9.11. The maximum absolute atomic E-state index is 12.4. The highest BCUT2D eigenvalue weighted by Crippen LogP contribution is 2.33. The number of nitrogens with zero attached hydrogens (tertiary/aromatic N) is 3. The SMILES string of the molecule is Cc1cnc(NC(=O)c2ccc(Oc3ccnc4[nH]nc(N[C@@H]5CCNC5)c34)cc2)s1. The maximum atomic E-state index is 12.4. The number of hydrogen-bond acceptors (Lipinski definition) is 8. The van der Waals surface area contributed by atoms with Crippen LogP contribution in [0, 0.1) is 6.92 Å². The van der Waals surface area contributed by atoms with Gasteiger partial charge in [-0.15, -0.1) is 11.3 Å². The maximum Gasteiger partial charge on any atom is 0.257 e. The quantitative estimate of drug-likeness (QED) is 0.366. The molecule has 0 radical (unpaired) electrons. The van der Waals surface area contributed by atoms with Crippen LogP contribution in [0.1, 0.15) is 21.7 Å². The number of nitrogens with one attached hydrogen (secondary N) is 4. The van der Waals surface area contributed by atoms with Gasteiger partial charge in [0.15, 0.2) is 16.6 Å². The van der Waals surface area contributed by atoms with Crippen molar-refractivity contribution >= 4 is 39.2 Å². The molecule has 5 rings (SSSR count). The minimum atomic E-state index is -0.210. The number of aromatic amines is 1. The molecule has 0 unspecified atom stereocenters. The number of benzene rings is 1. The van der Waals surface area contributed by atoms with E-state index < -0.39 is 0 Å². The van der Waals surface area contributed by atoms with Crippen molar-refractivity contribution in [2.75, 3.05) is 23.7 Å². The average molecular weight is 436 g/mol. The highest BCUT2D eigenvalue weighted by molar-refractivity contribution is 7.15. The highest BCUT2D eigenvalue weighted by atomic mass is 32.1. The lowest BCUT2D eigenvalue weighted by atomic mass is 10.2. The summed E-state index contributed by atoms with van der Waals surface area (Å²) in [5.41, 5.74) is 1.18. The van der Waals surface area contributed by atoms with Crippen molar-refractivity contribution in [3.05, 3.63) is 53.2 Å². The topological polar surface area (TPSA) is 117 Å². The Kier molecular flexibility index (Phi) is 5.23. The summed E-state index contributed by atoms with van der Waals surface area (Å²) in [5.74, 6) is 1.77. The number of fused-ring (bicyclic) bond motifs is 1. The van der Waals surface area contributed by atoms with E-state index in [1.54, 1.807) is 42.7 Å². The van der Waals surface area contributed by atoms with Crippen LogP contribution in [-0.2, 0) is 0 Å². The lowest BCUT2D eigenvalue weighted by Crippen LogP contribution is -2.22. The van der Waals surface area contributed by atoms with E-state index >= 15 is 0 Å². The Hall–Kier alpha value is -3.50. The summed E-state index contributed by atoms with van der Waals surface area (Å²) in [6.07, 6.45) is 4.44. The molecule has 1 saturated heterocycles. The van der Waals surface area contributed by atoms with Crippen LogP contribution in [0.3, 0.4) is 0 Å². The third-order valence-electron chi connectivity index (χ3n) is 5.01. The van der Waals surface area contributed by atoms with E-state index in [0.29, 0.717) is 33.9 Å². The smallest absolute Gasteiger partial charge is 0.257 e. The first kappa shape index (κ1) is 19.5. The number of rotatable bonds is 6. The third-order valence-corrected chi connectivity index (χ3v) is 5.84. The number of pyridine rings is 1. The zero-order chi connectivity index (χ0) is 21.2. The largest absolute Gasteiger partial charge is 0.456 e. The Morgan fingerprint density at radius 1 is 1.23 bits per heavy atom. The molecule has 1 aromatic carbocycles. The van der Waals surface area contributed by atoms with E-state index in [1.165, 1.54) is 11.3 Å². The first-order valence-electron chi connectivity index (χ1n) is 9.98. The number of hydrogen-bond donors (Lipinski definition) is 4. The van der Waals surface area contributed by atoms with Crippen molar-refractivity contribution in [2.45, 2.75) is 19.4 Å². The minimum absolute atomic E-state index is 0.210. The molecule has 10 heteroatoms. The molecule has 4 heterocycles. The van der Waals surface area contributed by atoms with Crippen LogP contribution in [0.4, 0.5) is 10.9 Å². The van der Waals surface area contributed by atoms with Crippen molar-refractivity contribution in [1.29, 1.82) is 0 Å². The normalized spacial score (nSPS) is 15.8. The molecule has 0 spiro atoms. The van der Waals surface area contributed by atoms with E-state index in [0.717, 1.165) is 35.6 Å². The fraction of sp³-hybridized carbons (Fsp3) is 0.238. The number of thiazole rings is 1. The van der Waals surface area contributed by atoms with Crippen molar-refractivity contribution in [2.24, 2.45) is 0 Å². The van der Waals surface area contributed by atoms with Crippen LogP contribution >= 0.6 is 11.3 Å². The van der Waals surface area contributed by atoms with Crippen molar-refractivity contribution in [1.82, 2.24) is 25.5 Å². The fourth-order valence-electron chi connectivity index (χ4n) is 3.47. The first-order valence-corrected chi connectivity index (χ1v) is 10.8. The van der Waals surface area contributed by atoms with E-state index in [1.807, 2.05) is 6.92 Å². The number of aryl methyl sites for hydroxylation is 1. The Bertz CT molecular complexity index is 1210. The van der Waals surface area contributed by atoms with Crippen molar-refractivity contribution in [3.8, 4) is 11.5 Å². The number of carbonyl (C=O) groups is 1. The van der Waals surface area contributed by atoms with E-state index in [-0.39, 0.29) is 5.91 Å². The van der Waals surface area contributed by atoms with Gasteiger partial charge in [0.1, 0.15) is 16.9 Å². The molecule has 1 aliphatic heterocycles. The molecule has 1 aliphatic rings. The Morgan fingerprint density at radius 2 is 2.10 bits per heavy atom. The molecule has 158 valence electrons. The number of ether oxygens (including phenoxy) is 1. The Balaban J connectivity index is 1.33. The zero-order valence-corrected chi connectivity index (χ0v) is 17.6. The summed E-state index contributed by atoms with van der Waals surface area (Å²) in [4.78, 5) is 22.0. The predicted octanol–water partition coefficient (Wildman–Crippen LogP) is 3.54. The van der Waals surface area contributed by atoms with Gasteiger partial charge in [-0.1, -0.05) is 0 Å². The summed E-state index contributed by atoms with van der Waals surface area (Å²) >= 11 is 1.44. The molecular weight excluding hydrogens is 414 g/mol. The van der Waals surface area contributed by atoms with Gasteiger partial charge < -0.3 is 15.4 Å². The van der Waals surface area contributed by atoms with Crippen LogP contribution < -0.4 is 20.7 Å². The molecule has 0 aliphatic carbocycles.